The predicted molar refractivity (Wildman–Crippen MR) is 75.3 cm³/mol. The second kappa shape index (κ2) is 5.22. The Kier molecular flexibility index (Phi) is 3.85. The smallest absolute Gasteiger partial charge is 0.253 e. The van der Waals surface area contributed by atoms with Crippen molar-refractivity contribution in [1.29, 1.82) is 0 Å². The second-order valence-corrected chi connectivity index (χ2v) is 6.85. The molecule has 1 fully saturated rings. The van der Waals surface area contributed by atoms with Crippen LogP contribution in [0.5, 0.6) is 5.75 Å². The maximum absolute atomic E-state index is 12.4. The predicted octanol–water partition coefficient (Wildman–Crippen LogP) is 2.67. The maximum atomic E-state index is 12.4. The number of amides is 1. The number of rotatable bonds is 1. The van der Waals surface area contributed by atoms with Crippen LogP contribution in [0.3, 0.4) is 0 Å². The molecule has 0 bridgehead atoms. The lowest BCUT2D eigenvalue weighted by molar-refractivity contribution is 0.0753. The quantitative estimate of drug-likeness (QED) is 0.848. The van der Waals surface area contributed by atoms with E-state index < -0.39 is 0 Å². The van der Waals surface area contributed by atoms with Gasteiger partial charge in [0.2, 0.25) is 0 Å². The van der Waals surface area contributed by atoms with Crippen LogP contribution in [-0.2, 0) is 0 Å². The third-order valence-corrected chi connectivity index (χ3v) is 4.38. The molecule has 0 spiro atoms. The Morgan fingerprint density at radius 2 is 1.94 bits per heavy atom. The molecule has 2 atom stereocenters. The molecule has 4 heteroatoms. The molecule has 98 valence electrons. The van der Waals surface area contributed by atoms with Crippen LogP contribution < -0.4 is 0 Å². The topological polar surface area (TPSA) is 40.5 Å². The monoisotopic (exact) mass is 265 g/mol. The molecule has 1 saturated heterocycles. The van der Waals surface area contributed by atoms with Gasteiger partial charge in [-0.25, -0.2) is 0 Å². The highest BCUT2D eigenvalue weighted by molar-refractivity contribution is 8.00. The van der Waals surface area contributed by atoms with Gasteiger partial charge in [0.1, 0.15) is 5.75 Å². The van der Waals surface area contributed by atoms with Crippen molar-refractivity contribution in [3.8, 4) is 5.75 Å². The minimum absolute atomic E-state index is 0.0668. The Morgan fingerprint density at radius 1 is 1.33 bits per heavy atom. The van der Waals surface area contributed by atoms with Gasteiger partial charge in [-0.3, -0.25) is 4.79 Å². The molecule has 0 radical (unpaired) electrons. The zero-order chi connectivity index (χ0) is 13.3. The summed E-state index contributed by atoms with van der Waals surface area (Å²) in [5.41, 5.74) is 1.41. The summed E-state index contributed by atoms with van der Waals surface area (Å²) >= 11 is 1.93. The molecule has 1 aliphatic rings. The molecular formula is C14H19NO2S. The van der Waals surface area contributed by atoms with Crippen LogP contribution in [0.1, 0.15) is 29.8 Å². The minimum atomic E-state index is 0.0668. The number of carbonyl (C=O) groups excluding carboxylic acids is 1. The molecule has 2 unspecified atom stereocenters. The lowest BCUT2D eigenvalue weighted by atomic mass is 10.1. The van der Waals surface area contributed by atoms with E-state index in [1.165, 1.54) is 0 Å². The number of nitrogens with zero attached hydrogens (tertiary/aromatic N) is 1. The molecule has 1 aliphatic heterocycles. The van der Waals surface area contributed by atoms with Crippen molar-refractivity contribution in [2.45, 2.75) is 31.3 Å². The summed E-state index contributed by atoms with van der Waals surface area (Å²) in [7, 11) is 0. The lowest BCUT2D eigenvalue weighted by Crippen LogP contribution is -2.44. The summed E-state index contributed by atoms with van der Waals surface area (Å²) in [6, 6.07) is 5.05. The Hall–Kier alpha value is -1.16. The molecule has 1 aromatic carbocycles. The van der Waals surface area contributed by atoms with Gasteiger partial charge in [0.05, 0.1) is 0 Å². The van der Waals surface area contributed by atoms with Gasteiger partial charge >= 0.3 is 0 Å². The first kappa shape index (κ1) is 13.3. The van der Waals surface area contributed by atoms with Gasteiger partial charge in [0.15, 0.2) is 0 Å². The zero-order valence-corrected chi connectivity index (χ0v) is 11.8. The lowest BCUT2D eigenvalue weighted by Gasteiger charge is -2.34. The summed E-state index contributed by atoms with van der Waals surface area (Å²) in [5.74, 6) is 0.305. The molecule has 1 N–H and O–H groups in total. The van der Waals surface area contributed by atoms with E-state index in [1.54, 1.807) is 18.2 Å². The molecule has 0 aliphatic carbocycles. The highest BCUT2D eigenvalue weighted by atomic mass is 32.2. The SMILES string of the molecule is Cc1cc(C(=O)N2CC(C)SC(C)C2)ccc1O. The highest BCUT2D eigenvalue weighted by Gasteiger charge is 2.26. The molecular weight excluding hydrogens is 246 g/mol. The van der Waals surface area contributed by atoms with E-state index in [2.05, 4.69) is 13.8 Å². The first-order valence-corrected chi connectivity index (χ1v) is 7.16. The summed E-state index contributed by atoms with van der Waals surface area (Å²) in [6.07, 6.45) is 0. The molecule has 1 heterocycles. The fourth-order valence-corrected chi connectivity index (χ4v) is 3.64. The molecule has 0 aromatic heterocycles. The van der Waals surface area contributed by atoms with Crippen LogP contribution in [0.2, 0.25) is 0 Å². The van der Waals surface area contributed by atoms with E-state index in [9.17, 15) is 9.90 Å². The van der Waals surface area contributed by atoms with Gasteiger partial charge in [0.25, 0.3) is 5.91 Å². The first-order chi connectivity index (χ1) is 8.47. The zero-order valence-electron chi connectivity index (χ0n) is 11.0. The van der Waals surface area contributed by atoms with Crippen LogP contribution in [-0.4, -0.2) is 39.5 Å². The number of hydrogen-bond acceptors (Lipinski definition) is 3. The number of thioether (sulfide) groups is 1. The summed E-state index contributed by atoms with van der Waals surface area (Å²) in [4.78, 5) is 14.3. The Balaban J connectivity index is 2.17. The number of phenolic OH excluding ortho intramolecular Hbond substituents is 1. The molecule has 0 saturated carbocycles. The Bertz CT molecular complexity index is 451. The van der Waals surface area contributed by atoms with Crippen LogP contribution in [0.25, 0.3) is 0 Å². The van der Waals surface area contributed by atoms with Gasteiger partial charge in [-0.15, -0.1) is 0 Å². The van der Waals surface area contributed by atoms with E-state index in [1.807, 2.05) is 23.6 Å². The van der Waals surface area contributed by atoms with Gasteiger partial charge in [-0.1, -0.05) is 13.8 Å². The first-order valence-electron chi connectivity index (χ1n) is 6.21. The standard InChI is InChI=1S/C14H19NO2S/c1-9-6-12(4-5-13(9)16)14(17)15-7-10(2)18-11(3)8-15/h4-6,10-11,16H,7-8H2,1-3H3. The average Bonchev–Trinajstić information content (AvgIpc) is 2.30. The van der Waals surface area contributed by atoms with Crippen LogP contribution in [0, 0.1) is 6.92 Å². The van der Waals surface area contributed by atoms with Gasteiger partial charge < -0.3 is 10.0 Å². The Morgan fingerprint density at radius 3 is 2.50 bits per heavy atom. The molecule has 3 nitrogen and oxygen atoms in total. The van der Waals surface area contributed by atoms with Crippen molar-refractivity contribution in [2.24, 2.45) is 0 Å². The highest BCUT2D eigenvalue weighted by Crippen LogP contribution is 2.26. The summed E-state index contributed by atoms with van der Waals surface area (Å²) in [6.45, 7) is 7.72. The van der Waals surface area contributed by atoms with Crippen molar-refractivity contribution < 1.29 is 9.90 Å². The number of carbonyl (C=O) groups is 1. The third kappa shape index (κ3) is 2.80. The number of phenols is 1. The van der Waals surface area contributed by atoms with Crippen LogP contribution >= 0.6 is 11.8 Å². The molecule has 1 aromatic rings. The van der Waals surface area contributed by atoms with E-state index in [-0.39, 0.29) is 11.7 Å². The minimum Gasteiger partial charge on any atom is -0.508 e. The molecule has 1 amide bonds. The van der Waals surface area contributed by atoms with Gasteiger partial charge in [0, 0.05) is 29.2 Å². The number of hydrogen-bond donors (Lipinski definition) is 1. The van der Waals surface area contributed by atoms with Crippen molar-refractivity contribution >= 4 is 17.7 Å². The Labute approximate surface area is 112 Å². The largest absolute Gasteiger partial charge is 0.508 e. The van der Waals surface area contributed by atoms with E-state index in [0.717, 1.165) is 18.7 Å². The fraction of sp³-hybridized carbons (Fsp3) is 0.500. The van der Waals surface area contributed by atoms with Crippen molar-refractivity contribution in [1.82, 2.24) is 4.90 Å². The van der Waals surface area contributed by atoms with Crippen molar-refractivity contribution in [3.63, 3.8) is 0 Å². The average molecular weight is 265 g/mol. The number of aryl methyl sites for hydroxylation is 1. The van der Waals surface area contributed by atoms with Crippen molar-refractivity contribution in [2.75, 3.05) is 13.1 Å². The number of aromatic hydroxyl groups is 1. The second-order valence-electron chi connectivity index (χ2n) is 4.97. The van der Waals surface area contributed by atoms with Gasteiger partial charge in [-0.2, -0.15) is 11.8 Å². The van der Waals surface area contributed by atoms with E-state index in [4.69, 9.17) is 0 Å². The maximum Gasteiger partial charge on any atom is 0.253 e. The summed E-state index contributed by atoms with van der Waals surface area (Å²) < 4.78 is 0. The fourth-order valence-electron chi connectivity index (χ4n) is 2.31. The van der Waals surface area contributed by atoms with Crippen molar-refractivity contribution in [3.05, 3.63) is 29.3 Å². The van der Waals surface area contributed by atoms with Crippen LogP contribution in [0.15, 0.2) is 18.2 Å². The summed E-state index contributed by atoms with van der Waals surface area (Å²) in [5, 5.41) is 10.5. The molecule has 18 heavy (non-hydrogen) atoms. The molecule has 2 rings (SSSR count). The van der Waals surface area contributed by atoms with Crippen LogP contribution in [0.4, 0.5) is 0 Å². The van der Waals surface area contributed by atoms with E-state index >= 15 is 0 Å². The number of benzene rings is 1. The van der Waals surface area contributed by atoms with Gasteiger partial charge in [-0.05, 0) is 30.7 Å². The van der Waals surface area contributed by atoms with E-state index in [0.29, 0.717) is 16.1 Å². The normalized spacial score (nSPS) is 24.1. The third-order valence-electron chi connectivity index (χ3n) is 3.15.